The molecular formula is C14H20ClNO4S. The molecule has 0 atom stereocenters. The van der Waals surface area contributed by atoms with E-state index in [9.17, 15) is 13.2 Å². The van der Waals surface area contributed by atoms with Gasteiger partial charge in [-0.3, -0.25) is 4.79 Å². The second kappa shape index (κ2) is 8.36. The Hall–Kier alpha value is -1.11. The SMILES string of the molecule is CC(C)OCC(=O)NCCCc1ccc(S(=O)(=O)Cl)cc1. The van der Waals surface area contributed by atoms with Crippen molar-refractivity contribution in [3.05, 3.63) is 29.8 Å². The number of benzene rings is 1. The molecule has 0 aliphatic carbocycles. The molecule has 1 aromatic rings. The number of ether oxygens (including phenoxy) is 1. The fraction of sp³-hybridized carbons (Fsp3) is 0.500. The van der Waals surface area contributed by atoms with Crippen LogP contribution in [0.25, 0.3) is 0 Å². The van der Waals surface area contributed by atoms with E-state index >= 15 is 0 Å². The first-order chi connectivity index (χ1) is 9.79. The third kappa shape index (κ3) is 7.45. The highest BCUT2D eigenvalue weighted by Crippen LogP contribution is 2.15. The molecule has 0 aliphatic rings. The second-order valence-electron chi connectivity index (χ2n) is 4.90. The quantitative estimate of drug-likeness (QED) is 0.584. The summed E-state index contributed by atoms with van der Waals surface area (Å²) in [7, 11) is 1.57. The summed E-state index contributed by atoms with van der Waals surface area (Å²) in [5, 5.41) is 2.76. The van der Waals surface area contributed by atoms with E-state index in [2.05, 4.69) is 5.32 Å². The van der Waals surface area contributed by atoms with Gasteiger partial charge in [0.25, 0.3) is 9.05 Å². The number of amides is 1. The number of hydrogen-bond acceptors (Lipinski definition) is 4. The Morgan fingerprint density at radius 1 is 1.29 bits per heavy atom. The summed E-state index contributed by atoms with van der Waals surface area (Å²) in [4.78, 5) is 11.5. The normalized spacial score (nSPS) is 11.6. The van der Waals surface area contributed by atoms with Crippen molar-refractivity contribution in [3.8, 4) is 0 Å². The van der Waals surface area contributed by atoms with E-state index < -0.39 is 9.05 Å². The molecule has 0 aromatic heterocycles. The average Bonchev–Trinajstić information content (AvgIpc) is 2.41. The number of carbonyl (C=O) groups is 1. The lowest BCUT2D eigenvalue weighted by Gasteiger charge is -2.08. The summed E-state index contributed by atoms with van der Waals surface area (Å²) in [5.74, 6) is -0.132. The van der Waals surface area contributed by atoms with Crippen molar-refractivity contribution >= 4 is 25.6 Å². The molecule has 21 heavy (non-hydrogen) atoms. The zero-order valence-electron chi connectivity index (χ0n) is 12.1. The Morgan fingerprint density at radius 3 is 2.43 bits per heavy atom. The van der Waals surface area contributed by atoms with Crippen LogP contribution in [-0.2, 0) is 25.0 Å². The van der Waals surface area contributed by atoms with E-state index in [0.29, 0.717) is 6.54 Å². The van der Waals surface area contributed by atoms with Crippen molar-refractivity contribution < 1.29 is 17.9 Å². The Bertz CT molecular complexity index is 555. The largest absolute Gasteiger partial charge is 0.369 e. The highest BCUT2D eigenvalue weighted by atomic mass is 35.7. The molecule has 0 saturated heterocycles. The standard InChI is InChI=1S/C14H20ClNO4S/c1-11(2)20-10-14(17)16-9-3-4-12-5-7-13(8-6-12)21(15,18)19/h5-8,11H,3-4,9-10H2,1-2H3,(H,16,17). The van der Waals surface area contributed by atoms with Gasteiger partial charge in [0.15, 0.2) is 0 Å². The van der Waals surface area contributed by atoms with E-state index in [1.165, 1.54) is 12.1 Å². The lowest BCUT2D eigenvalue weighted by molar-refractivity contribution is -0.127. The van der Waals surface area contributed by atoms with Crippen LogP contribution in [0.5, 0.6) is 0 Å². The Kier molecular flexibility index (Phi) is 7.14. The molecule has 0 saturated carbocycles. The van der Waals surface area contributed by atoms with Gasteiger partial charge in [0.1, 0.15) is 6.61 Å². The molecule has 1 rings (SSSR count). The van der Waals surface area contributed by atoms with E-state index in [0.717, 1.165) is 18.4 Å². The molecule has 1 aromatic carbocycles. The maximum absolute atomic E-state index is 11.4. The van der Waals surface area contributed by atoms with Crippen molar-refractivity contribution in [2.45, 2.75) is 37.7 Å². The smallest absolute Gasteiger partial charge is 0.261 e. The van der Waals surface area contributed by atoms with Crippen molar-refractivity contribution in [1.29, 1.82) is 0 Å². The average molecular weight is 334 g/mol. The first-order valence-electron chi connectivity index (χ1n) is 6.71. The van der Waals surface area contributed by atoms with Crippen molar-refractivity contribution in [3.63, 3.8) is 0 Å². The van der Waals surface area contributed by atoms with Gasteiger partial charge in [-0.05, 0) is 44.4 Å². The lowest BCUT2D eigenvalue weighted by Crippen LogP contribution is -2.29. The second-order valence-corrected chi connectivity index (χ2v) is 7.46. The summed E-state index contributed by atoms with van der Waals surface area (Å²) < 4.78 is 27.4. The van der Waals surface area contributed by atoms with Gasteiger partial charge in [-0.15, -0.1) is 0 Å². The highest BCUT2D eigenvalue weighted by Gasteiger charge is 2.08. The molecule has 1 amide bonds. The van der Waals surface area contributed by atoms with Crippen LogP contribution in [0.15, 0.2) is 29.2 Å². The fourth-order valence-electron chi connectivity index (χ4n) is 1.63. The van der Waals surface area contributed by atoms with E-state index in [1.807, 2.05) is 13.8 Å². The predicted molar refractivity (Wildman–Crippen MR) is 81.9 cm³/mol. The Labute approximate surface area is 130 Å². The zero-order valence-corrected chi connectivity index (χ0v) is 13.7. The molecule has 5 nitrogen and oxygen atoms in total. The molecule has 0 spiro atoms. The number of aryl methyl sites for hydroxylation is 1. The van der Waals surface area contributed by atoms with E-state index in [-0.39, 0.29) is 23.5 Å². The van der Waals surface area contributed by atoms with Gasteiger partial charge in [0.2, 0.25) is 5.91 Å². The number of hydrogen-bond donors (Lipinski definition) is 1. The van der Waals surface area contributed by atoms with Crippen LogP contribution < -0.4 is 5.32 Å². The lowest BCUT2D eigenvalue weighted by atomic mass is 10.1. The van der Waals surface area contributed by atoms with Gasteiger partial charge in [-0.1, -0.05) is 12.1 Å². The minimum Gasteiger partial charge on any atom is -0.369 e. The topological polar surface area (TPSA) is 72.5 Å². The summed E-state index contributed by atoms with van der Waals surface area (Å²) in [6, 6.07) is 6.40. The number of halogens is 1. The van der Waals surface area contributed by atoms with Crippen LogP contribution in [0.3, 0.4) is 0 Å². The van der Waals surface area contributed by atoms with E-state index in [1.54, 1.807) is 12.1 Å². The molecule has 0 aliphatic heterocycles. The maximum Gasteiger partial charge on any atom is 0.261 e. The Morgan fingerprint density at radius 2 is 1.90 bits per heavy atom. The van der Waals surface area contributed by atoms with Crippen LogP contribution in [0.4, 0.5) is 0 Å². The first kappa shape index (κ1) is 17.9. The van der Waals surface area contributed by atoms with Gasteiger partial charge in [0, 0.05) is 17.2 Å². The third-order valence-corrected chi connectivity index (χ3v) is 4.09. The fourth-order valence-corrected chi connectivity index (χ4v) is 2.40. The predicted octanol–water partition coefficient (Wildman–Crippen LogP) is 2.09. The number of carbonyl (C=O) groups excluding carboxylic acids is 1. The van der Waals surface area contributed by atoms with Gasteiger partial charge < -0.3 is 10.1 Å². The molecule has 0 unspecified atom stereocenters. The van der Waals surface area contributed by atoms with Gasteiger partial charge >= 0.3 is 0 Å². The summed E-state index contributed by atoms with van der Waals surface area (Å²) >= 11 is 0. The van der Waals surface area contributed by atoms with Crippen LogP contribution in [0, 0.1) is 0 Å². The summed E-state index contributed by atoms with van der Waals surface area (Å²) in [5.41, 5.74) is 0.992. The molecule has 0 radical (unpaired) electrons. The van der Waals surface area contributed by atoms with Crippen molar-refractivity contribution in [2.75, 3.05) is 13.2 Å². The first-order valence-corrected chi connectivity index (χ1v) is 9.02. The Balaban J connectivity index is 2.29. The minimum absolute atomic E-state index is 0.0347. The van der Waals surface area contributed by atoms with Gasteiger partial charge in [-0.25, -0.2) is 8.42 Å². The molecule has 0 bridgehead atoms. The highest BCUT2D eigenvalue weighted by molar-refractivity contribution is 8.13. The number of rotatable bonds is 8. The van der Waals surface area contributed by atoms with E-state index in [4.69, 9.17) is 15.4 Å². The van der Waals surface area contributed by atoms with Crippen LogP contribution >= 0.6 is 10.7 Å². The zero-order chi connectivity index (χ0) is 15.9. The summed E-state index contributed by atoms with van der Waals surface area (Å²) in [6.45, 7) is 4.37. The molecule has 1 N–H and O–H groups in total. The van der Waals surface area contributed by atoms with Crippen LogP contribution in [-0.4, -0.2) is 33.6 Å². The maximum atomic E-state index is 11.4. The van der Waals surface area contributed by atoms with Gasteiger partial charge in [-0.2, -0.15) is 0 Å². The number of nitrogens with one attached hydrogen (secondary N) is 1. The third-order valence-electron chi connectivity index (χ3n) is 2.72. The van der Waals surface area contributed by atoms with Crippen molar-refractivity contribution in [2.24, 2.45) is 0 Å². The van der Waals surface area contributed by atoms with Crippen LogP contribution in [0.1, 0.15) is 25.8 Å². The molecule has 0 heterocycles. The molecule has 7 heteroatoms. The van der Waals surface area contributed by atoms with Crippen LogP contribution in [0.2, 0.25) is 0 Å². The van der Waals surface area contributed by atoms with Crippen molar-refractivity contribution in [1.82, 2.24) is 5.32 Å². The van der Waals surface area contributed by atoms with Gasteiger partial charge in [0.05, 0.1) is 11.0 Å². The molecular weight excluding hydrogens is 314 g/mol. The molecule has 0 fully saturated rings. The molecule has 118 valence electrons. The monoisotopic (exact) mass is 333 g/mol. The minimum atomic E-state index is -3.67. The summed E-state index contributed by atoms with van der Waals surface area (Å²) in [6.07, 6.45) is 1.54.